The first-order valence-corrected chi connectivity index (χ1v) is 5.85. The van der Waals surface area contributed by atoms with Crippen molar-refractivity contribution in [2.24, 2.45) is 0 Å². The average Bonchev–Trinajstić information content (AvgIpc) is 2.32. The van der Waals surface area contributed by atoms with Gasteiger partial charge in [0.2, 0.25) is 0 Å². The lowest BCUT2D eigenvalue weighted by Crippen LogP contribution is -2.42. The highest BCUT2D eigenvalue weighted by molar-refractivity contribution is 9.10. The fourth-order valence-corrected chi connectivity index (χ4v) is 1.34. The van der Waals surface area contributed by atoms with Crippen molar-refractivity contribution in [3.63, 3.8) is 0 Å². The largest absolute Gasteiger partial charge is 0.464 e. The summed E-state index contributed by atoms with van der Waals surface area (Å²) in [5, 5.41) is 0. The number of halogens is 1. The van der Waals surface area contributed by atoms with Crippen LogP contribution in [0.2, 0.25) is 0 Å². The maximum absolute atomic E-state index is 11.3. The van der Waals surface area contributed by atoms with Crippen LogP contribution in [0.15, 0.2) is 28.7 Å². The second-order valence-corrected chi connectivity index (χ2v) is 4.06. The van der Waals surface area contributed by atoms with Gasteiger partial charge in [-0.15, -0.1) is 0 Å². The summed E-state index contributed by atoms with van der Waals surface area (Å²) in [6.07, 6.45) is 0.490. The molecule has 92 valence electrons. The summed E-state index contributed by atoms with van der Waals surface area (Å²) in [4.78, 5) is 22.0. The zero-order chi connectivity index (χ0) is 12.7. The minimum atomic E-state index is -1.02. The van der Waals surface area contributed by atoms with Crippen molar-refractivity contribution < 1.29 is 14.3 Å². The van der Waals surface area contributed by atoms with Crippen LogP contribution in [0, 0.1) is 0 Å². The first kappa shape index (κ1) is 13.7. The van der Waals surface area contributed by atoms with Crippen LogP contribution in [0.4, 0.5) is 5.69 Å². The Hall–Kier alpha value is -1.40. The van der Waals surface area contributed by atoms with Gasteiger partial charge in [-0.25, -0.2) is 10.2 Å². The van der Waals surface area contributed by atoms with E-state index < -0.39 is 12.0 Å². The molecule has 0 aliphatic heterocycles. The summed E-state index contributed by atoms with van der Waals surface area (Å²) in [6.45, 7) is 1.92. The molecule has 0 bridgehead atoms. The molecule has 0 fully saturated rings. The average molecular weight is 301 g/mol. The molecule has 1 rings (SSSR count). The van der Waals surface area contributed by atoms with Gasteiger partial charge in [0.05, 0.1) is 6.61 Å². The van der Waals surface area contributed by atoms with Crippen molar-refractivity contribution in [3.8, 4) is 0 Å². The molecular formula is C11H13BrN2O3. The first-order valence-electron chi connectivity index (χ1n) is 5.06. The summed E-state index contributed by atoms with van der Waals surface area (Å²) in [6, 6.07) is 6.25. The molecule has 17 heavy (non-hydrogen) atoms. The van der Waals surface area contributed by atoms with Crippen LogP contribution in [-0.4, -0.2) is 24.9 Å². The third-order valence-electron chi connectivity index (χ3n) is 1.89. The lowest BCUT2D eigenvalue weighted by molar-refractivity contribution is -0.146. The molecule has 1 unspecified atom stereocenters. The van der Waals surface area contributed by atoms with Gasteiger partial charge in [0.25, 0.3) is 0 Å². The van der Waals surface area contributed by atoms with E-state index in [0.29, 0.717) is 6.29 Å². The lowest BCUT2D eigenvalue weighted by atomic mass is 10.3. The van der Waals surface area contributed by atoms with E-state index >= 15 is 0 Å². The summed E-state index contributed by atoms with van der Waals surface area (Å²) in [5.41, 5.74) is 6.08. The fourth-order valence-electron chi connectivity index (χ4n) is 1.07. The Labute approximate surface area is 108 Å². The number of aldehydes is 1. The number of carbonyl (C=O) groups is 2. The number of carbonyl (C=O) groups excluding carboxylic acids is 2. The maximum Gasteiger partial charge on any atom is 0.332 e. The Bertz CT molecular complexity index is 381. The van der Waals surface area contributed by atoms with Crippen LogP contribution in [-0.2, 0) is 14.3 Å². The summed E-state index contributed by atoms with van der Waals surface area (Å²) < 4.78 is 5.67. The van der Waals surface area contributed by atoms with Gasteiger partial charge in [0.15, 0.2) is 6.04 Å². The predicted octanol–water partition coefficient (Wildman–Crippen LogP) is 1.50. The van der Waals surface area contributed by atoms with Crippen molar-refractivity contribution in [1.82, 2.24) is 5.43 Å². The Morgan fingerprint density at radius 3 is 2.65 bits per heavy atom. The number of hydrogen-bond acceptors (Lipinski definition) is 5. The highest BCUT2D eigenvalue weighted by Gasteiger charge is 2.17. The van der Waals surface area contributed by atoms with Gasteiger partial charge in [-0.1, -0.05) is 15.9 Å². The smallest absolute Gasteiger partial charge is 0.332 e. The van der Waals surface area contributed by atoms with Gasteiger partial charge < -0.3 is 15.0 Å². The Morgan fingerprint density at radius 1 is 1.47 bits per heavy atom. The molecule has 1 aromatic carbocycles. The number of hydrogen-bond donors (Lipinski definition) is 2. The van der Waals surface area contributed by atoms with E-state index in [0.717, 1.165) is 10.2 Å². The molecule has 1 aromatic rings. The number of ether oxygens (including phenoxy) is 1. The quantitative estimate of drug-likeness (QED) is 0.361. The molecule has 0 aromatic heterocycles. The molecule has 0 spiro atoms. The van der Waals surface area contributed by atoms with Gasteiger partial charge in [0.1, 0.15) is 6.29 Å². The Balaban J connectivity index is 2.50. The zero-order valence-electron chi connectivity index (χ0n) is 9.27. The van der Waals surface area contributed by atoms with Crippen molar-refractivity contribution in [2.75, 3.05) is 12.0 Å². The van der Waals surface area contributed by atoms with Gasteiger partial charge in [-0.2, -0.15) is 0 Å². The fraction of sp³-hybridized carbons (Fsp3) is 0.273. The van der Waals surface area contributed by atoms with Gasteiger partial charge in [-0.05, 0) is 31.2 Å². The molecular weight excluding hydrogens is 288 g/mol. The van der Waals surface area contributed by atoms with E-state index in [1.165, 1.54) is 0 Å². The highest BCUT2D eigenvalue weighted by atomic mass is 79.9. The van der Waals surface area contributed by atoms with Crippen molar-refractivity contribution in [3.05, 3.63) is 28.7 Å². The number of rotatable bonds is 6. The first-order chi connectivity index (χ1) is 8.17. The summed E-state index contributed by atoms with van der Waals surface area (Å²) >= 11 is 3.30. The molecule has 0 saturated carbocycles. The van der Waals surface area contributed by atoms with Crippen LogP contribution in [0.3, 0.4) is 0 Å². The third-order valence-corrected chi connectivity index (χ3v) is 2.42. The SMILES string of the molecule is CCOC(=O)C(C=O)NNc1ccc(Br)cc1. The minimum absolute atomic E-state index is 0.239. The van der Waals surface area contributed by atoms with Gasteiger partial charge in [0, 0.05) is 10.2 Å². The standard InChI is InChI=1S/C11H13BrN2O3/c1-2-17-11(16)10(7-15)14-13-9-5-3-8(12)4-6-9/h3-7,10,13-14H,2H2,1H3. The zero-order valence-corrected chi connectivity index (χ0v) is 10.9. The number of esters is 1. The normalized spacial score (nSPS) is 11.6. The van der Waals surface area contributed by atoms with E-state index in [-0.39, 0.29) is 6.61 Å². The molecule has 6 heteroatoms. The number of hydrazine groups is 1. The molecule has 1 atom stereocenters. The number of nitrogens with one attached hydrogen (secondary N) is 2. The van der Waals surface area contributed by atoms with Crippen LogP contribution in [0.5, 0.6) is 0 Å². The molecule has 0 radical (unpaired) electrons. The molecule has 0 aliphatic carbocycles. The maximum atomic E-state index is 11.3. The van der Waals surface area contributed by atoms with E-state index in [1.54, 1.807) is 19.1 Å². The van der Waals surface area contributed by atoms with Crippen LogP contribution in [0.25, 0.3) is 0 Å². The predicted molar refractivity (Wildman–Crippen MR) is 67.4 cm³/mol. The Morgan fingerprint density at radius 2 is 2.12 bits per heavy atom. The van der Waals surface area contributed by atoms with Crippen molar-refractivity contribution >= 4 is 33.9 Å². The number of benzene rings is 1. The minimum Gasteiger partial charge on any atom is -0.464 e. The van der Waals surface area contributed by atoms with Crippen LogP contribution >= 0.6 is 15.9 Å². The summed E-state index contributed by atoms with van der Waals surface area (Å²) in [7, 11) is 0. The molecule has 2 N–H and O–H groups in total. The van der Waals surface area contributed by atoms with Gasteiger partial charge >= 0.3 is 5.97 Å². The third kappa shape index (κ3) is 4.54. The lowest BCUT2D eigenvalue weighted by Gasteiger charge is -2.13. The van der Waals surface area contributed by atoms with E-state index in [9.17, 15) is 9.59 Å². The second-order valence-electron chi connectivity index (χ2n) is 3.14. The van der Waals surface area contributed by atoms with Crippen molar-refractivity contribution in [1.29, 1.82) is 0 Å². The monoisotopic (exact) mass is 300 g/mol. The molecule has 0 heterocycles. The highest BCUT2D eigenvalue weighted by Crippen LogP contribution is 2.13. The Kier molecular flexibility index (Phi) is 5.65. The van der Waals surface area contributed by atoms with Crippen LogP contribution in [0.1, 0.15) is 6.92 Å². The van der Waals surface area contributed by atoms with E-state index in [4.69, 9.17) is 4.74 Å². The van der Waals surface area contributed by atoms with Crippen LogP contribution < -0.4 is 10.9 Å². The van der Waals surface area contributed by atoms with E-state index in [2.05, 4.69) is 26.8 Å². The topological polar surface area (TPSA) is 67.4 Å². The molecule has 0 saturated heterocycles. The number of anilines is 1. The molecule has 0 aliphatic rings. The second kappa shape index (κ2) is 7.03. The van der Waals surface area contributed by atoms with Gasteiger partial charge in [-0.3, -0.25) is 0 Å². The summed E-state index contributed by atoms with van der Waals surface area (Å²) in [5.74, 6) is -0.605. The molecule has 5 nitrogen and oxygen atoms in total. The van der Waals surface area contributed by atoms with Crippen molar-refractivity contribution in [2.45, 2.75) is 13.0 Å². The van der Waals surface area contributed by atoms with E-state index in [1.807, 2.05) is 12.1 Å². The molecule has 0 amide bonds.